The monoisotopic (exact) mass is 506 g/mol. The van der Waals surface area contributed by atoms with Crippen molar-refractivity contribution < 1.29 is 50.8 Å². The Bertz CT molecular complexity index is 1030. The zero-order chi connectivity index (χ0) is 25.8. The van der Waals surface area contributed by atoms with Crippen LogP contribution >= 0.6 is 0 Å². The third kappa shape index (κ3) is 8.05. The van der Waals surface area contributed by atoms with Crippen LogP contribution in [-0.4, -0.2) is 29.4 Å². The minimum Gasteiger partial charge on any atom is -0.493 e. The molecule has 0 radical (unpaired) electrons. The van der Waals surface area contributed by atoms with Crippen LogP contribution in [0.5, 0.6) is 11.5 Å². The summed E-state index contributed by atoms with van der Waals surface area (Å²) in [6.45, 7) is 0.170. The zero-order valence-corrected chi connectivity index (χ0v) is 18.5. The van der Waals surface area contributed by atoms with Gasteiger partial charge in [-0.05, 0) is 73.4 Å². The van der Waals surface area contributed by atoms with Crippen molar-refractivity contribution in [3.63, 3.8) is 0 Å². The number of hydrogen-bond donors (Lipinski definition) is 2. The number of carboxylic acid groups (broad SMARTS) is 1. The fourth-order valence-corrected chi connectivity index (χ4v) is 3.02. The molecule has 0 amide bonds. The SMILES string of the molecule is O=C(O)c1ccc(OCC2CC2)c(C(F)(F)F)c1.OCc1ccc(OCC2CC2)c(C(F)(F)F)c1. The van der Waals surface area contributed by atoms with Gasteiger partial charge in [0.05, 0.1) is 36.5 Å². The highest BCUT2D eigenvalue weighted by Gasteiger charge is 2.36. The van der Waals surface area contributed by atoms with Gasteiger partial charge in [-0.1, -0.05) is 6.07 Å². The average molecular weight is 506 g/mol. The Labute approximate surface area is 197 Å². The summed E-state index contributed by atoms with van der Waals surface area (Å²) in [4.78, 5) is 10.7. The summed E-state index contributed by atoms with van der Waals surface area (Å²) in [6, 6.07) is 6.43. The van der Waals surface area contributed by atoms with Gasteiger partial charge in [-0.25, -0.2) is 4.79 Å². The van der Waals surface area contributed by atoms with Gasteiger partial charge in [0.1, 0.15) is 11.5 Å². The number of carbonyl (C=O) groups is 1. The van der Waals surface area contributed by atoms with Crippen molar-refractivity contribution >= 4 is 5.97 Å². The highest BCUT2D eigenvalue weighted by Crippen LogP contribution is 2.39. The third-order valence-electron chi connectivity index (χ3n) is 5.41. The first kappa shape index (κ1) is 26.7. The van der Waals surface area contributed by atoms with Crippen molar-refractivity contribution in [3.05, 3.63) is 58.7 Å². The van der Waals surface area contributed by atoms with Crippen LogP contribution in [0, 0.1) is 11.8 Å². The number of ether oxygens (including phenoxy) is 2. The molecule has 0 atom stereocenters. The number of aliphatic hydroxyl groups is 1. The Kier molecular flexibility index (Phi) is 8.19. The molecule has 35 heavy (non-hydrogen) atoms. The maximum atomic E-state index is 12.8. The van der Waals surface area contributed by atoms with Crippen LogP contribution in [0.2, 0.25) is 0 Å². The number of alkyl halides is 6. The summed E-state index contributed by atoms with van der Waals surface area (Å²) in [6.07, 6.45) is -5.09. The summed E-state index contributed by atoms with van der Waals surface area (Å²) < 4.78 is 86.8. The normalized spacial score (nSPS) is 15.7. The lowest BCUT2D eigenvalue weighted by molar-refractivity contribution is -0.139. The summed E-state index contributed by atoms with van der Waals surface area (Å²) in [7, 11) is 0. The predicted molar refractivity (Wildman–Crippen MR) is 112 cm³/mol. The first-order valence-electron chi connectivity index (χ1n) is 10.9. The van der Waals surface area contributed by atoms with Crippen molar-refractivity contribution in [1.82, 2.24) is 0 Å². The van der Waals surface area contributed by atoms with Crippen molar-refractivity contribution in [2.45, 2.75) is 44.6 Å². The molecule has 2 aliphatic rings. The first-order valence-corrected chi connectivity index (χ1v) is 10.9. The fourth-order valence-electron chi connectivity index (χ4n) is 3.02. The number of halogens is 6. The second kappa shape index (κ2) is 10.8. The van der Waals surface area contributed by atoms with E-state index in [1.54, 1.807) is 0 Å². The van der Waals surface area contributed by atoms with Crippen LogP contribution in [0.3, 0.4) is 0 Å². The van der Waals surface area contributed by atoms with Crippen molar-refractivity contribution in [2.75, 3.05) is 13.2 Å². The Hall–Kier alpha value is -2.95. The first-order chi connectivity index (χ1) is 16.4. The fraction of sp³-hybridized carbons (Fsp3) is 0.458. The molecule has 2 aliphatic carbocycles. The van der Waals surface area contributed by atoms with Gasteiger partial charge in [-0.3, -0.25) is 0 Å². The molecular weight excluding hydrogens is 482 g/mol. The molecule has 0 heterocycles. The maximum absolute atomic E-state index is 12.8. The standard InChI is InChI=1S/C12H11F3O3.C12H13F3O2/c13-12(14,15)9-5-8(11(16)17)3-4-10(9)18-6-7-1-2-7;13-12(14,15)10-5-9(6-16)3-4-11(10)17-7-8-1-2-8/h3-5,7H,1-2,6H2,(H,16,17);3-5,8,16H,1-2,6-7H2. The van der Waals surface area contributed by atoms with Crippen molar-refractivity contribution in [2.24, 2.45) is 11.8 Å². The third-order valence-corrected chi connectivity index (χ3v) is 5.41. The number of aliphatic hydroxyl groups excluding tert-OH is 1. The van der Waals surface area contributed by atoms with Gasteiger partial charge in [0.2, 0.25) is 0 Å². The van der Waals surface area contributed by atoms with E-state index in [4.69, 9.17) is 19.7 Å². The number of hydrogen-bond acceptors (Lipinski definition) is 4. The van der Waals surface area contributed by atoms with Gasteiger partial charge < -0.3 is 19.7 Å². The highest BCUT2D eigenvalue weighted by atomic mass is 19.4. The molecule has 192 valence electrons. The largest absolute Gasteiger partial charge is 0.493 e. The lowest BCUT2D eigenvalue weighted by atomic mass is 10.1. The molecule has 5 nitrogen and oxygen atoms in total. The second-order valence-electron chi connectivity index (χ2n) is 8.51. The van der Waals surface area contributed by atoms with Crippen LogP contribution in [0.1, 0.15) is 52.7 Å². The average Bonchev–Trinajstić information content (AvgIpc) is 3.70. The van der Waals surface area contributed by atoms with Crippen LogP contribution in [0.25, 0.3) is 0 Å². The quantitative estimate of drug-likeness (QED) is 0.419. The molecule has 0 bridgehead atoms. The molecule has 0 saturated heterocycles. The topological polar surface area (TPSA) is 76.0 Å². The van der Waals surface area contributed by atoms with Gasteiger partial charge in [0.25, 0.3) is 0 Å². The van der Waals surface area contributed by atoms with E-state index in [9.17, 15) is 31.1 Å². The molecular formula is C24H24F6O5. The number of carboxylic acids is 1. The highest BCUT2D eigenvalue weighted by molar-refractivity contribution is 5.88. The van der Waals surface area contributed by atoms with E-state index in [0.29, 0.717) is 24.5 Å². The van der Waals surface area contributed by atoms with E-state index in [2.05, 4.69) is 0 Å². The van der Waals surface area contributed by atoms with Gasteiger partial charge in [-0.15, -0.1) is 0 Å². The van der Waals surface area contributed by atoms with E-state index < -0.39 is 41.6 Å². The Morgan fingerprint density at radius 3 is 1.66 bits per heavy atom. The summed E-state index contributed by atoms with van der Waals surface area (Å²) in [5.41, 5.74) is -2.02. The van der Waals surface area contributed by atoms with E-state index in [1.165, 1.54) is 12.1 Å². The molecule has 2 fully saturated rings. The minimum absolute atomic E-state index is 0.151. The Balaban J connectivity index is 0.000000196. The molecule has 0 aromatic heterocycles. The maximum Gasteiger partial charge on any atom is 0.419 e. The van der Waals surface area contributed by atoms with Gasteiger partial charge in [0, 0.05) is 0 Å². The summed E-state index contributed by atoms with van der Waals surface area (Å²) in [5.74, 6) is -1.13. The molecule has 11 heteroatoms. The molecule has 2 N–H and O–H groups in total. The Morgan fingerprint density at radius 1 is 0.800 bits per heavy atom. The number of benzene rings is 2. The molecule has 0 aliphatic heterocycles. The zero-order valence-electron chi connectivity index (χ0n) is 18.5. The predicted octanol–water partition coefficient (Wildman–Crippen LogP) is 6.18. The molecule has 2 aromatic rings. The second-order valence-corrected chi connectivity index (χ2v) is 8.51. The number of rotatable bonds is 8. The molecule has 2 aromatic carbocycles. The van der Waals surface area contributed by atoms with E-state index in [1.807, 2.05) is 0 Å². The van der Waals surface area contributed by atoms with Gasteiger partial charge in [0.15, 0.2) is 0 Å². The van der Waals surface area contributed by atoms with Crippen LogP contribution in [0.15, 0.2) is 36.4 Å². The summed E-state index contributed by atoms with van der Waals surface area (Å²) >= 11 is 0. The van der Waals surface area contributed by atoms with Crippen LogP contribution in [-0.2, 0) is 19.0 Å². The molecule has 0 unspecified atom stereocenters. The van der Waals surface area contributed by atoms with Gasteiger partial charge >= 0.3 is 18.3 Å². The van der Waals surface area contributed by atoms with E-state index >= 15 is 0 Å². The van der Waals surface area contributed by atoms with E-state index in [-0.39, 0.29) is 23.7 Å². The summed E-state index contributed by atoms with van der Waals surface area (Å²) in [5, 5.41) is 17.5. The minimum atomic E-state index is -4.62. The van der Waals surface area contributed by atoms with Crippen LogP contribution in [0.4, 0.5) is 26.3 Å². The van der Waals surface area contributed by atoms with Crippen molar-refractivity contribution in [3.8, 4) is 11.5 Å². The number of aromatic carboxylic acids is 1. The lowest BCUT2D eigenvalue weighted by Crippen LogP contribution is -2.11. The molecule has 4 rings (SSSR count). The van der Waals surface area contributed by atoms with Crippen LogP contribution < -0.4 is 9.47 Å². The van der Waals surface area contributed by atoms with E-state index in [0.717, 1.165) is 43.9 Å². The smallest absolute Gasteiger partial charge is 0.419 e. The molecule has 0 spiro atoms. The Morgan fingerprint density at radius 2 is 1.26 bits per heavy atom. The van der Waals surface area contributed by atoms with Crippen molar-refractivity contribution in [1.29, 1.82) is 0 Å². The van der Waals surface area contributed by atoms with Gasteiger partial charge in [-0.2, -0.15) is 26.3 Å². The lowest BCUT2D eigenvalue weighted by Gasteiger charge is -2.14. The molecule has 2 saturated carbocycles.